The highest BCUT2D eigenvalue weighted by Gasteiger charge is 2.25. The van der Waals surface area contributed by atoms with Crippen molar-refractivity contribution in [2.24, 2.45) is 5.92 Å². The molecule has 1 aliphatic heterocycles. The number of amides is 1. The van der Waals surface area contributed by atoms with Crippen molar-refractivity contribution in [3.63, 3.8) is 0 Å². The molecule has 0 radical (unpaired) electrons. The van der Waals surface area contributed by atoms with E-state index in [4.69, 9.17) is 0 Å². The molecular formula is C14H28N2O2. The molecule has 106 valence electrons. The Morgan fingerprint density at radius 3 is 2.83 bits per heavy atom. The lowest BCUT2D eigenvalue weighted by Gasteiger charge is -2.26. The van der Waals surface area contributed by atoms with Crippen LogP contribution in [-0.2, 0) is 4.79 Å². The second kappa shape index (κ2) is 7.10. The van der Waals surface area contributed by atoms with Crippen molar-refractivity contribution in [2.75, 3.05) is 13.1 Å². The van der Waals surface area contributed by atoms with E-state index in [1.54, 1.807) is 6.92 Å². The number of carbonyl (C=O) groups is 1. The van der Waals surface area contributed by atoms with Crippen LogP contribution in [0.25, 0.3) is 0 Å². The van der Waals surface area contributed by atoms with Crippen molar-refractivity contribution in [3.8, 4) is 0 Å². The van der Waals surface area contributed by atoms with E-state index in [0.29, 0.717) is 18.9 Å². The maximum atomic E-state index is 12.0. The second-order valence-electron chi connectivity index (χ2n) is 6.17. The molecule has 1 heterocycles. The molecule has 0 aromatic heterocycles. The summed E-state index contributed by atoms with van der Waals surface area (Å²) in [6.45, 7) is 7.18. The van der Waals surface area contributed by atoms with Crippen molar-refractivity contribution < 1.29 is 9.90 Å². The Bertz CT molecular complexity index is 257. The number of hydrogen-bond acceptors (Lipinski definition) is 3. The zero-order valence-electron chi connectivity index (χ0n) is 12.0. The fraction of sp³-hybridized carbons (Fsp3) is 0.929. The SMILES string of the molecule is CC(C)CC(C)(O)CNC(=O)C1CCCCCN1. The summed E-state index contributed by atoms with van der Waals surface area (Å²) in [4.78, 5) is 12.0. The van der Waals surface area contributed by atoms with E-state index in [0.717, 1.165) is 25.8 Å². The topological polar surface area (TPSA) is 61.4 Å². The van der Waals surface area contributed by atoms with Gasteiger partial charge in [0.25, 0.3) is 0 Å². The summed E-state index contributed by atoms with van der Waals surface area (Å²) in [7, 11) is 0. The normalized spacial score (nSPS) is 24.4. The van der Waals surface area contributed by atoms with Gasteiger partial charge >= 0.3 is 0 Å². The maximum absolute atomic E-state index is 12.0. The molecule has 4 nitrogen and oxygen atoms in total. The van der Waals surface area contributed by atoms with Crippen LogP contribution in [0.2, 0.25) is 0 Å². The maximum Gasteiger partial charge on any atom is 0.237 e. The molecule has 0 spiro atoms. The highest BCUT2D eigenvalue weighted by Crippen LogP contribution is 2.15. The molecular weight excluding hydrogens is 228 g/mol. The molecule has 1 amide bonds. The fourth-order valence-corrected chi connectivity index (χ4v) is 2.60. The Labute approximate surface area is 111 Å². The van der Waals surface area contributed by atoms with Gasteiger partial charge in [-0.15, -0.1) is 0 Å². The van der Waals surface area contributed by atoms with Gasteiger partial charge in [0.15, 0.2) is 0 Å². The highest BCUT2D eigenvalue weighted by atomic mass is 16.3. The third-order valence-corrected chi connectivity index (χ3v) is 3.37. The minimum atomic E-state index is -0.811. The molecule has 3 N–H and O–H groups in total. The zero-order chi connectivity index (χ0) is 13.6. The molecule has 2 unspecified atom stereocenters. The highest BCUT2D eigenvalue weighted by molar-refractivity contribution is 5.81. The molecule has 1 fully saturated rings. The first kappa shape index (κ1) is 15.4. The van der Waals surface area contributed by atoms with Crippen molar-refractivity contribution in [1.82, 2.24) is 10.6 Å². The lowest BCUT2D eigenvalue weighted by Crippen LogP contribution is -2.49. The van der Waals surface area contributed by atoms with Crippen LogP contribution in [-0.4, -0.2) is 35.7 Å². The van der Waals surface area contributed by atoms with Gasteiger partial charge in [0.05, 0.1) is 11.6 Å². The first-order valence-corrected chi connectivity index (χ1v) is 7.14. The quantitative estimate of drug-likeness (QED) is 0.697. The van der Waals surface area contributed by atoms with Crippen LogP contribution in [0.5, 0.6) is 0 Å². The van der Waals surface area contributed by atoms with Gasteiger partial charge in [-0.2, -0.15) is 0 Å². The Hall–Kier alpha value is -0.610. The largest absolute Gasteiger partial charge is 0.388 e. The van der Waals surface area contributed by atoms with Crippen LogP contribution in [0.15, 0.2) is 0 Å². The van der Waals surface area contributed by atoms with E-state index in [9.17, 15) is 9.90 Å². The molecule has 0 aromatic rings. The minimum Gasteiger partial charge on any atom is -0.388 e. The predicted molar refractivity (Wildman–Crippen MR) is 73.3 cm³/mol. The lowest BCUT2D eigenvalue weighted by molar-refractivity contribution is -0.124. The number of aliphatic hydroxyl groups is 1. The molecule has 1 aliphatic rings. The fourth-order valence-electron chi connectivity index (χ4n) is 2.60. The van der Waals surface area contributed by atoms with Gasteiger partial charge in [0.1, 0.15) is 0 Å². The van der Waals surface area contributed by atoms with Gasteiger partial charge in [0, 0.05) is 6.54 Å². The van der Waals surface area contributed by atoms with Crippen LogP contribution in [0.3, 0.4) is 0 Å². The van der Waals surface area contributed by atoms with Crippen LogP contribution in [0.4, 0.5) is 0 Å². The number of hydrogen-bond donors (Lipinski definition) is 3. The van der Waals surface area contributed by atoms with Crippen LogP contribution in [0.1, 0.15) is 52.9 Å². The summed E-state index contributed by atoms with van der Waals surface area (Å²) < 4.78 is 0. The van der Waals surface area contributed by atoms with E-state index in [2.05, 4.69) is 24.5 Å². The summed E-state index contributed by atoms with van der Waals surface area (Å²) in [6, 6.07) is -0.0812. The van der Waals surface area contributed by atoms with E-state index in [-0.39, 0.29) is 11.9 Å². The molecule has 0 saturated carbocycles. The van der Waals surface area contributed by atoms with E-state index in [1.165, 1.54) is 6.42 Å². The van der Waals surface area contributed by atoms with Crippen molar-refractivity contribution >= 4 is 5.91 Å². The molecule has 1 saturated heterocycles. The Morgan fingerprint density at radius 2 is 2.17 bits per heavy atom. The van der Waals surface area contributed by atoms with Gasteiger partial charge in [0.2, 0.25) is 5.91 Å². The second-order valence-corrected chi connectivity index (χ2v) is 6.17. The van der Waals surface area contributed by atoms with Gasteiger partial charge in [-0.05, 0) is 38.6 Å². The summed E-state index contributed by atoms with van der Waals surface area (Å²) in [5.74, 6) is 0.453. The molecule has 0 aromatic carbocycles. The van der Waals surface area contributed by atoms with Crippen LogP contribution < -0.4 is 10.6 Å². The zero-order valence-corrected chi connectivity index (χ0v) is 12.0. The van der Waals surface area contributed by atoms with Crippen LogP contribution in [0, 0.1) is 5.92 Å². The van der Waals surface area contributed by atoms with Crippen molar-refractivity contribution in [1.29, 1.82) is 0 Å². The molecule has 18 heavy (non-hydrogen) atoms. The summed E-state index contributed by atoms with van der Waals surface area (Å²) >= 11 is 0. The van der Waals surface area contributed by atoms with Crippen LogP contribution >= 0.6 is 0 Å². The third-order valence-electron chi connectivity index (χ3n) is 3.37. The smallest absolute Gasteiger partial charge is 0.237 e. The average Bonchev–Trinajstić information content (AvgIpc) is 2.52. The standard InChI is InChI=1S/C14H28N2O2/c1-11(2)9-14(3,18)10-16-13(17)12-7-5-4-6-8-15-12/h11-12,15,18H,4-10H2,1-3H3,(H,16,17). The summed E-state index contributed by atoms with van der Waals surface area (Å²) in [5.41, 5.74) is -0.811. The molecule has 0 aliphatic carbocycles. The van der Waals surface area contributed by atoms with Gasteiger partial charge in [-0.1, -0.05) is 26.7 Å². The average molecular weight is 256 g/mol. The lowest BCUT2D eigenvalue weighted by atomic mass is 9.94. The van der Waals surface area contributed by atoms with Gasteiger partial charge in [-0.3, -0.25) is 4.79 Å². The Morgan fingerprint density at radius 1 is 1.44 bits per heavy atom. The first-order chi connectivity index (χ1) is 8.41. The third kappa shape index (κ3) is 5.83. The van der Waals surface area contributed by atoms with Gasteiger partial charge in [-0.25, -0.2) is 0 Å². The number of rotatable bonds is 5. The van der Waals surface area contributed by atoms with E-state index in [1.807, 2.05) is 0 Å². The Balaban J connectivity index is 2.35. The summed E-state index contributed by atoms with van der Waals surface area (Å²) in [6.07, 6.45) is 5.05. The monoisotopic (exact) mass is 256 g/mol. The Kier molecular flexibility index (Phi) is 6.09. The molecule has 1 rings (SSSR count). The van der Waals surface area contributed by atoms with E-state index >= 15 is 0 Å². The predicted octanol–water partition coefficient (Wildman–Crippen LogP) is 1.43. The molecule has 0 bridgehead atoms. The first-order valence-electron chi connectivity index (χ1n) is 7.14. The van der Waals surface area contributed by atoms with E-state index < -0.39 is 5.60 Å². The number of nitrogens with one attached hydrogen (secondary N) is 2. The van der Waals surface area contributed by atoms with Crippen molar-refractivity contribution in [2.45, 2.75) is 64.5 Å². The molecule has 2 atom stereocenters. The number of carbonyl (C=O) groups excluding carboxylic acids is 1. The molecule has 4 heteroatoms. The van der Waals surface area contributed by atoms with Crippen molar-refractivity contribution in [3.05, 3.63) is 0 Å². The van der Waals surface area contributed by atoms with Gasteiger partial charge < -0.3 is 15.7 Å². The summed E-state index contributed by atoms with van der Waals surface area (Å²) in [5, 5.41) is 16.3. The minimum absolute atomic E-state index is 0.0286.